The van der Waals surface area contributed by atoms with Gasteiger partial charge >= 0.3 is 0 Å². The lowest BCUT2D eigenvalue weighted by molar-refractivity contribution is -0.116. The van der Waals surface area contributed by atoms with Crippen LogP contribution in [0.5, 0.6) is 5.75 Å². The molecule has 0 heterocycles. The molecule has 0 fully saturated rings. The quantitative estimate of drug-likeness (QED) is 0.759. The van der Waals surface area contributed by atoms with Crippen molar-refractivity contribution < 1.29 is 9.53 Å². The van der Waals surface area contributed by atoms with Crippen LogP contribution in [-0.2, 0) is 4.79 Å². The van der Waals surface area contributed by atoms with E-state index in [1.807, 2.05) is 24.3 Å². The van der Waals surface area contributed by atoms with Crippen molar-refractivity contribution in [2.24, 2.45) is 5.92 Å². The second kappa shape index (κ2) is 8.59. The van der Waals surface area contributed by atoms with Crippen molar-refractivity contribution in [2.45, 2.75) is 38.6 Å². The molecule has 0 radical (unpaired) electrons. The number of para-hydroxylation sites is 2. The summed E-state index contributed by atoms with van der Waals surface area (Å²) in [5, 5.41) is 6.39. The standard InChI is InChI=1S/C18H26N2O2/c1-14(19-13-15-8-4-3-5-9-15)12-18(21)20-16-10-6-7-11-17(16)22-2/h3-4,6-7,10-11,14-15,19H,5,8-9,12-13H2,1-2H3,(H,20,21). The number of ether oxygens (including phenoxy) is 1. The second-order valence-corrected chi connectivity index (χ2v) is 5.91. The predicted octanol–water partition coefficient (Wildman–Crippen LogP) is 3.36. The number of allylic oxidation sites excluding steroid dienone is 2. The van der Waals surface area contributed by atoms with E-state index in [0.29, 0.717) is 18.1 Å². The molecule has 22 heavy (non-hydrogen) atoms. The van der Waals surface area contributed by atoms with Gasteiger partial charge in [0.05, 0.1) is 12.8 Å². The number of carbonyl (C=O) groups excluding carboxylic acids is 1. The predicted molar refractivity (Wildman–Crippen MR) is 90.2 cm³/mol. The molecule has 1 amide bonds. The van der Waals surface area contributed by atoms with Crippen LogP contribution in [0.4, 0.5) is 5.69 Å². The molecule has 0 saturated heterocycles. The molecule has 2 rings (SSSR count). The number of rotatable bonds is 7. The van der Waals surface area contributed by atoms with Crippen LogP contribution in [0.3, 0.4) is 0 Å². The van der Waals surface area contributed by atoms with Gasteiger partial charge in [-0.15, -0.1) is 0 Å². The van der Waals surface area contributed by atoms with Gasteiger partial charge in [0.15, 0.2) is 0 Å². The fourth-order valence-electron chi connectivity index (χ4n) is 2.71. The Morgan fingerprint density at radius 2 is 2.18 bits per heavy atom. The van der Waals surface area contributed by atoms with Gasteiger partial charge in [0.25, 0.3) is 0 Å². The van der Waals surface area contributed by atoms with Crippen molar-refractivity contribution in [3.63, 3.8) is 0 Å². The van der Waals surface area contributed by atoms with Crippen molar-refractivity contribution in [1.82, 2.24) is 5.32 Å². The Morgan fingerprint density at radius 3 is 2.91 bits per heavy atom. The van der Waals surface area contributed by atoms with Crippen molar-refractivity contribution in [3.05, 3.63) is 36.4 Å². The van der Waals surface area contributed by atoms with Crippen LogP contribution < -0.4 is 15.4 Å². The van der Waals surface area contributed by atoms with Crippen LogP contribution >= 0.6 is 0 Å². The van der Waals surface area contributed by atoms with Crippen LogP contribution in [0.15, 0.2) is 36.4 Å². The number of benzene rings is 1. The number of nitrogens with one attached hydrogen (secondary N) is 2. The van der Waals surface area contributed by atoms with Crippen LogP contribution in [0.2, 0.25) is 0 Å². The van der Waals surface area contributed by atoms with E-state index in [9.17, 15) is 4.79 Å². The largest absolute Gasteiger partial charge is 0.495 e. The summed E-state index contributed by atoms with van der Waals surface area (Å²) >= 11 is 0. The summed E-state index contributed by atoms with van der Waals surface area (Å²) in [7, 11) is 1.60. The fraction of sp³-hybridized carbons (Fsp3) is 0.500. The van der Waals surface area contributed by atoms with Gasteiger partial charge in [0.2, 0.25) is 5.91 Å². The highest BCUT2D eigenvalue weighted by molar-refractivity contribution is 5.92. The average molecular weight is 302 g/mol. The lowest BCUT2D eigenvalue weighted by atomic mass is 9.94. The highest BCUT2D eigenvalue weighted by atomic mass is 16.5. The normalized spacial score (nSPS) is 18.7. The van der Waals surface area contributed by atoms with Gasteiger partial charge < -0.3 is 15.4 Å². The van der Waals surface area contributed by atoms with E-state index in [1.54, 1.807) is 7.11 Å². The van der Waals surface area contributed by atoms with Gasteiger partial charge in [-0.1, -0.05) is 24.3 Å². The maximum atomic E-state index is 12.1. The Morgan fingerprint density at radius 1 is 1.36 bits per heavy atom. The van der Waals surface area contributed by atoms with Gasteiger partial charge in [-0.25, -0.2) is 0 Å². The van der Waals surface area contributed by atoms with Crippen molar-refractivity contribution >= 4 is 11.6 Å². The van der Waals surface area contributed by atoms with E-state index < -0.39 is 0 Å². The lowest BCUT2D eigenvalue weighted by Crippen LogP contribution is -2.34. The fourth-order valence-corrected chi connectivity index (χ4v) is 2.71. The molecular weight excluding hydrogens is 276 g/mol. The van der Waals surface area contributed by atoms with E-state index in [-0.39, 0.29) is 11.9 Å². The minimum atomic E-state index is 0.00744. The SMILES string of the molecule is COc1ccccc1NC(=O)CC(C)NCC1CC=CCC1. The smallest absolute Gasteiger partial charge is 0.226 e. The maximum Gasteiger partial charge on any atom is 0.226 e. The molecule has 0 aliphatic heterocycles. The van der Waals surface area contributed by atoms with Crippen molar-refractivity contribution in [3.8, 4) is 5.75 Å². The molecular formula is C18H26N2O2. The highest BCUT2D eigenvalue weighted by Gasteiger charge is 2.14. The number of hydrogen-bond acceptors (Lipinski definition) is 3. The maximum absolute atomic E-state index is 12.1. The highest BCUT2D eigenvalue weighted by Crippen LogP contribution is 2.23. The van der Waals surface area contributed by atoms with Crippen molar-refractivity contribution in [2.75, 3.05) is 19.0 Å². The van der Waals surface area contributed by atoms with Gasteiger partial charge in [0, 0.05) is 12.5 Å². The van der Waals surface area contributed by atoms with E-state index in [0.717, 1.165) is 18.7 Å². The zero-order valence-electron chi connectivity index (χ0n) is 13.5. The molecule has 1 aromatic carbocycles. The van der Waals surface area contributed by atoms with Crippen LogP contribution in [0, 0.1) is 5.92 Å². The Balaban J connectivity index is 1.75. The molecule has 2 unspecified atom stereocenters. The molecule has 0 aromatic heterocycles. The molecule has 4 heteroatoms. The number of methoxy groups -OCH3 is 1. The number of anilines is 1. The average Bonchev–Trinajstić information content (AvgIpc) is 2.54. The zero-order valence-corrected chi connectivity index (χ0v) is 13.5. The van der Waals surface area contributed by atoms with Gasteiger partial charge in [-0.2, -0.15) is 0 Å². The zero-order chi connectivity index (χ0) is 15.8. The summed E-state index contributed by atoms with van der Waals surface area (Å²) in [6, 6.07) is 7.63. The second-order valence-electron chi connectivity index (χ2n) is 5.91. The number of carbonyl (C=O) groups is 1. The number of hydrogen-bond donors (Lipinski definition) is 2. The molecule has 2 N–H and O–H groups in total. The summed E-state index contributed by atoms with van der Waals surface area (Å²) in [5.41, 5.74) is 0.722. The number of amides is 1. The Hall–Kier alpha value is -1.81. The third-order valence-electron chi connectivity index (χ3n) is 4.01. The molecule has 0 bridgehead atoms. The van der Waals surface area contributed by atoms with E-state index in [1.165, 1.54) is 12.8 Å². The first-order valence-electron chi connectivity index (χ1n) is 8.00. The summed E-state index contributed by atoms with van der Waals surface area (Å²) in [4.78, 5) is 12.1. The van der Waals surface area contributed by atoms with Gasteiger partial charge in [-0.3, -0.25) is 4.79 Å². The molecule has 0 spiro atoms. The topological polar surface area (TPSA) is 50.4 Å². The molecule has 4 nitrogen and oxygen atoms in total. The first-order valence-corrected chi connectivity index (χ1v) is 8.00. The van der Waals surface area contributed by atoms with Crippen LogP contribution in [0.1, 0.15) is 32.6 Å². The van der Waals surface area contributed by atoms with Gasteiger partial charge in [0.1, 0.15) is 5.75 Å². The summed E-state index contributed by atoms with van der Waals surface area (Å²) in [6.45, 7) is 3.04. The Kier molecular flexibility index (Phi) is 6.46. The van der Waals surface area contributed by atoms with Crippen molar-refractivity contribution in [1.29, 1.82) is 0 Å². The Bertz CT molecular complexity index is 514. The molecule has 1 aliphatic carbocycles. The molecule has 0 saturated carbocycles. The Labute approximate surface area is 132 Å². The van der Waals surface area contributed by atoms with E-state index >= 15 is 0 Å². The third-order valence-corrected chi connectivity index (χ3v) is 4.01. The first-order chi connectivity index (χ1) is 10.7. The minimum absolute atomic E-state index is 0.00744. The third kappa shape index (κ3) is 5.19. The molecule has 120 valence electrons. The lowest BCUT2D eigenvalue weighted by Gasteiger charge is -2.21. The van der Waals surface area contributed by atoms with Gasteiger partial charge in [-0.05, 0) is 50.8 Å². The minimum Gasteiger partial charge on any atom is -0.495 e. The van der Waals surface area contributed by atoms with E-state index in [2.05, 4.69) is 29.7 Å². The van der Waals surface area contributed by atoms with Crippen LogP contribution in [0.25, 0.3) is 0 Å². The summed E-state index contributed by atoms with van der Waals surface area (Å²) in [6.07, 6.45) is 8.53. The first kappa shape index (κ1) is 16.6. The summed E-state index contributed by atoms with van der Waals surface area (Å²) < 4.78 is 5.24. The van der Waals surface area contributed by atoms with E-state index in [4.69, 9.17) is 4.74 Å². The molecule has 1 aliphatic rings. The monoisotopic (exact) mass is 302 g/mol. The van der Waals surface area contributed by atoms with Crippen LogP contribution in [-0.4, -0.2) is 25.6 Å². The molecule has 1 aromatic rings. The summed E-state index contributed by atoms with van der Waals surface area (Å²) in [5.74, 6) is 1.39. The molecule has 2 atom stereocenters.